The fourth-order valence-corrected chi connectivity index (χ4v) is 7.36. The molecule has 1 aromatic rings. The third kappa shape index (κ3) is 10.9. The van der Waals surface area contributed by atoms with Crippen LogP contribution in [-0.4, -0.2) is 157 Å². The van der Waals surface area contributed by atoms with E-state index in [0.717, 1.165) is 47.4 Å². The van der Waals surface area contributed by atoms with Crippen LogP contribution in [0.25, 0.3) is 0 Å². The lowest BCUT2D eigenvalue weighted by atomic mass is 9.97. The Morgan fingerprint density at radius 1 is 0.964 bits per heavy atom. The molecular formula is C36H57N5O14. The molecule has 310 valence electrons. The minimum Gasteiger partial charge on any atom is -0.480 e. The highest BCUT2D eigenvalue weighted by atomic mass is 16.7. The number of carbonyl (C=O) groups is 3. The molecule has 4 unspecified atom stereocenters. The van der Waals surface area contributed by atoms with Crippen LogP contribution in [0, 0.1) is 0 Å². The molecule has 0 aromatic carbocycles. The molecule has 0 saturated carbocycles. The summed E-state index contributed by atoms with van der Waals surface area (Å²) in [6.45, 7) is 1.60. The van der Waals surface area contributed by atoms with Gasteiger partial charge in [-0.05, 0) is 19.9 Å². The van der Waals surface area contributed by atoms with Crippen LogP contribution in [0.2, 0.25) is 0 Å². The van der Waals surface area contributed by atoms with Gasteiger partial charge in [0.25, 0.3) is 5.56 Å². The van der Waals surface area contributed by atoms with Gasteiger partial charge in [-0.2, -0.15) is 0 Å². The average molecular weight is 784 g/mol. The molecular weight excluding hydrogens is 726 g/mol. The van der Waals surface area contributed by atoms with E-state index in [1.54, 1.807) is 6.08 Å². The molecule has 3 aliphatic heterocycles. The number of unbranched alkanes of at least 4 members (excludes halogenated alkanes) is 9. The van der Waals surface area contributed by atoms with Gasteiger partial charge >= 0.3 is 17.6 Å². The van der Waals surface area contributed by atoms with Gasteiger partial charge in [-0.1, -0.05) is 64.4 Å². The Hall–Kier alpha value is -3.53. The highest BCUT2D eigenvalue weighted by Crippen LogP contribution is 2.36. The number of aliphatic hydroxyl groups is 4. The second kappa shape index (κ2) is 20.6. The van der Waals surface area contributed by atoms with E-state index in [1.165, 1.54) is 57.2 Å². The number of carbonyl (C=O) groups excluding carboxylic acids is 2. The van der Waals surface area contributed by atoms with Gasteiger partial charge in [0.05, 0.1) is 0 Å². The van der Waals surface area contributed by atoms with Crippen molar-refractivity contribution in [3.05, 3.63) is 45.3 Å². The summed E-state index contributed by atoms with van der Waals surface area (Å²) in [6.07, 6.45) is -1.26. The van der Waals surface area contributed by atoms with Crippen molar-refractivity contribution >= 4 is 17.8 Å². The van der Waals surface area contributed by atoms with Crippen LogP contribution in [0.4, 0.5) is 0 Å². The normalized spacial score (nSPS) is 32.3. The fourth-order valence-electron chi connectivity index (χ4n) is 7.36. The van der Waals surface area contributed by atoms with Gasteiger partial charge in [-0.25, -0.2) is 14.4 Å². The van der Waals surface area contributed by atoms with Crippen LogP contribution < -0.4 is 17.0 Å². The van der Waals surface area contributed by atoms with Crippen molar-refractivity contribution in [2.75, 3.05) is 27.2 Å². The number of ether oxygens (including phenoxy) is 4. The lowest BCUT2D eigenvalue weighted by molar-refractivity contribution is -0.233. The summed E-state index contributed by atoms with van der Waals surface area (Å²) >= 11 is 0. The van der Waals surface area contributed by atoms with Crippen LogP contribution in [0.3, 0.4) is 0 Å². The van der Waals surface area contributed by atoms with Gasteiger partial charge in [-0.3, -0.25) is 24.0 Å². The van der Waals surface area contributed by atoms with Crippen LogP contribution in [0.1, 0.15) is 77.4 Å². The zero-order valence-corrected chi connectivity index (χ0v) is 31.6. The van der Waals surface area contributed by atoms with E-state index in [1.807, 2.05) is 4.98 Å². The van der Waals surface area contributed by atoms with Crippen molar-refractivity contribution in [1.82, 2.24) is 19.4 Å². The molecule has 55 heavy (non-hydrogen) atoms. The number of amides is 1. The van der Waals surface area contributed by atoms with Gasteiger partial charge in [0.15, 0.2) is 18.6 Å². The number of likely N-dealkylation sites (N-methyl/N-ethyl adjacent to an activating group) is 2. The summed E-state index contributed by atoms with van der Waals surface area (Å²) in [5.74, 6) is -3.20. The molecule has 8 N–H and O–H groups in total. The molecule has 4 rings (SSSR count). The molecule has 3 fully saturated rings. The first kappa shape index (κ1) is 44.2. The minimum atomic E-state index is -1.88. The summed E-state index contributed by atoms with van der Waals surface area (Å²) in [5.41, 5.74) is 3.96. The number of rotatable bonds is 19. The number of nitrogens with zero attached hydrogens (tertiary/aromatic N) is 3. The van der Waals surface area contributed by atoms with Crippen LogP contribution in [0.15, 0.2) is 34.0 Å². The van der Waals surface area contributed by atoms with E-state index >= 15 is 0 Å². The van der Waals surface area contributed by atoms with Crippen molar-refractivity contribution in [3.63, 3.8) is 0 Å². The quantitative estimate of drug-likeness (QED) is 0.0481. The molecule has 19 heteroatoms. The molecule has 3 aliphatic rings. The van der Waals surface area contributed by atoms with Gasteiger partial charge in [0.1, 0.15) is 54.9 Å². The Balaban J connectivity index is 1.54. The summed E-state index contributed by atoms with van der Waals surface area (Å²) in [7, 11) is 2.59. The minimum absolute atomic E-state index is 0.229. The number of H-pyrrole nitrogens is 1. The number of aliphatic carboxylic acids is 1. The Morgan fingerprint density at radius 2 is 1.62 bits per heavy atom. The predicted molar refractivity (Wildman–Crippen MR) is 193 cm³/mol. The highest BCUT2D eigenvalue weighted by molar-refractivity contribution is 5.89. The molecule has 4 heterocycles. The predicted octanol–water partition coefficient (Wildman–Crippen LogP) is -1.44. The van der Waals surface area contributed by atoms with Gasteiger partial charge < -0.3 is 55.1 Å². The van der Waals surface area contributed by atoms with Gasteiger partial charge in [0.2, 0.25) is 5.91 Å². The zero-order chi connectivity index (χ0) is 40.4. The van der Waals surface area contributed by atoms with E-state index in [9.17, 15) is 49.5 Å². The second-order valence-electron chi connectivity index (χ2n) is 14.5. The lowest BCUT2D eigenvalue weighted by Crippen LogP contribution is -2.59. The number of nitrogens with one attached hydrogen (secondary N) is 1. The molecule has 0 radical (unpaired) electrons. The number of allylic oxidation sites excluding steroid dienone is 1. The Morgan fingerprint density at radius 3 is 2.22 bits per heavy atom. The third-order valence-corrected chi connectivity index (χ3v) is 10.4. The third-order valence-electron chi connectivity index (χ3n) is 10.4. The first-order chi connectivity index (χ1) is 26.2. The maximum Gasteiger partial charge on any atom is 0.330 e. The van der Waals surface area contributed by atoms with Crippen molar-refractivity contribution < 1.29 is 58.9 Å². The maximum absolute atomic E-state index is 14.3. The molecule has 19 nitrogen and oxygen atoms in total. The molecule has 0 bridgehead atoms. The van der Waals surface area contributed by atoms with Crippen molar-refractivity contribution in [2.24, 2.45) is 5.73 Å². The molecule has 12 atom stereocenters. The van der Waals surface area contributed by atoms with Crippen molar-refractivity contribution in [1.29, 1.82) is 0 Å². The molecule has 0 aliphatic carbocycles. The smallest absolute Gasteiger partial charge is 0.330 e. The molecule has 1 amide bonds. The topological polar surface area (TPSA) is 277 Å². The zero-order valence-electron chi connectivity index (χ0n) is 31.6. The van der Waals surface area contributed by atoms with Gasteiger partial charge in [-0.15, -0.1) is 0 Å². The number of aromatic nitrogens is 2. The summed E-state index contributed by atoms with van der Waals surface area (Å²) in [6, 6.07) is -2.26. The summed E-state index contributed by atoms with van der Waals surface area (Å²) in [4.78, 5) is 68.4. The highest BCUT2D eigenvalue weighted by Gasteiger charge is 2.57. The number of hydrogen-bond donors (Lipinski definition) is 7. The van der Waals surface area contributed by atoms with Crippen LogP contribution >= 0.6 is 0 Å². The summed E-state index contributed by atoms with van der Waals surface area (Å²) < 4.78 is 24.1. The Bertz CT molecular complexity index is 1570. The lowest BCUT2D eigenvalue weighted by Gasteiger charge is -2.38. The van der Waals surface area contributed by atoms with E-state index in [0.29, 0.717) is 6.42 Å². The second-order valence-corrected chi connectivity index (χ2v) is 14.5. The number of esters is 1. The monoisotopic (exact) mass is 783 g/mol. The first-order valence-electron chi connectivity index (χ1n) is 19.0. The van der Waals surface area contributed by atoms with Crippen LogP contribution in [0.5, 0.6) is 0 Å². The number of carboxylic acid groups (broad SMARTS) is 1. The maximum atomic E-state index is 14.3. The van der Waals surface area contributed by atoms with E-state index in [2.05, 4.69) is 6.92 Å². The van der Waals surface area contributed by atoms with E-state index < -0.39 is 103 Å². The largest absolute Gasteiger partial charge is 0.480 e. The van der Waals surface area contributed by atoms with Crippen LogP contribution in [-0.2, 0) is 33.3 Å². The number of nitrogens with two attached hydrogens (primary N) is 1. The number of aromatic amines is 1. The summed E-state index contributed by atoms with van der Waals surface area (Å²) in [5, 5.41) is 53.9. The standard InChI is InChI=1S/C36H57N5O14/c1-4-5-6-7-8-9-10-11-12-13-14-15-23(43)52-21-19-39(2)25(32(48)40(3)24(21)34(49)50)30(55-35-29(47)26(44)20(18-37)53-35)31-27(45)28(46)33(54-31)41-17-16-22(42)38-36(41)51/h14-17,20-21,24-31,33,35,44-47H,4-13,18-19,37H2,1-3H3,(H,49,50)(H,38,42,51)/b15-14+/t20-,21?,24?,25?,26-,27+,28-,29-,30?,31+,33-,35+/m1/s1. The molecule has 3 saturated heterocycles. The van der Waals surface area contributed by atoms with E-state index in [4.69, 9.17) is 24.7 Å². The fraction of sp³-hybridized carbons (Fsp3) is 0.750. The molecule has 0 spiro atoms. The first-order valence-corrected chi connectivity index (χ1v) is 19.0. The number of carboxylic acids is 1. The number of hydrogen-bond acceptors (Lipinski definition) is 15. The Labute approximate surface area is 318 Å². The number of aliphatic hydroxyl groups excluding tert-OH is 4. The Kier molecular flexibility index (Phi) is 16.5. The average Bonchev–Trinajstić information content (AvgIpc) is 3.55. The van der Waals surface area contributed by atoms with E-state index in [-0.39, 0.29) is 13.1 Å². The SMILES string of the molecule is CCCCCCCCCCC/C=C/C(=O)OC1CN(C)C(C(O[C@@H]2O[C@H](CN)[C@@H](O)[C@H]2O)[C@H]2O[C@@H](n3ccc(=O)[nH]c3=O)[C@H](O)[C@@H]2O)C(=O)N(C)C1C(=O)O. The van der Waals surface area contributed by atoms with Crippen molar-refractivity contribution in [2.45, 2.75) is 145 Å². The van der Waals surface area contributed by atoms with Gasteiger partial charge in [0, 0.05) is 38.5 Å². The molecule has 1 aromatic heterocycles. The van der Waals surface area contributed by atoms with Crippen molar-refractivity contribution in [3.8, 4) is 0 Å².